The molecule has 3 aromatic rings. The summed E-state index contributed by atoms with van der Waals surface area (Å²) in [7, 11) is 1.78. The minimum atomic E-state index is -0.402. The lowest BCUT2D eigenvalue weighted by Gasteiger charge is -2.14. The fourth-order valence-electron chi connectivity index (χ4n) is 2.71. The van der Waals surface area contributed by atoms with E-state index in [1.807, 2.05) is 0 Å². The van der Waals surface area contributed by atoms with Crippen molar-refractivity contribution in [1.29, 1.82) is 0 Å². The van der Waals surface area contributed by atoms with Crippen LogP contribution in [0.5, 0.6) is 0 Å². The molecule has 10 heteroatoms. The fourth-order valence-corrected chi connectivity index (χ4v) is 3.84. The van der Waals surface area contributed by atoms with Crippen LogP contribution in [-0.2, 0) is 11.8 Å². The molecule has 2 amide bonds. The SMILES string of the molecule is C[C@H](NC(=O)c1ccccc1Cl)c1nnc(SCC(=O)Nc2cccc(Cl)c2)n1C. The molecule has 1 atom stereocenters. The standard InChI is InChI=1S/C20H19Cl2N5O2S/c1-12(23-19(29)15-8-3-4-9-16(15)22)18-25-26-20(27(18)2)30-11-17(28)24-14-7-5-6-13(21)10-14/h3-10,12H,11H2,1-2H3,(H,23,29)(H,24,28)/t12-/m0/s1. The van der Waals surface area contributed by atoms with Gasteiger partial charge in [-0.05, 0) is 37.3 Å². The minimum absolute atomic E-state index is 0.152. The molecule has 0 saturated carbocycles. The molecule has 0 aliphatic rings. The first-order valence-corrected chi connectivity index (χ1v) is 10.7. The number of carbonyl (C=O) groups is 2. The molecular weight excluding hydrogens is 445 g/mol. The Morgan fingerprint density at radius 3 is 2.63 bits per heavy atom. The Morgan fingerprint density at radius 2 is 1.90 bits per heavy atom. The number of thioether (sulfide) groups is 1. The van der Waals surface area contributed by atoms with Crippen LogP contribution in [0.3, 0.4) is 0 Å². The van der Waals surface area contributed by atoms with Gasteiger partial charge >= 0.3 is 0 Å². The average molecular weight is 464 g/mol. The molecule has 2 aromatic carbocycles. The summed E-state index contributed by atoms with van der Waals surface area (Å²) in [6.45, 7) is 1.80. The number of benzene rings is 2. The lowest BCUT2D eigenvalue weighted by Crippen LogP contribution is -2.28. The zero-order chi connectivity index (χ0) is 21.7. The van der Waals surface area contributed by atoms with Crippen molar-refractivity contribution in [2.45, 2.75) is 18.1 Å². The number of amides is 2. The van der Waals surface area contributed by atoms with Crippen molar-refractivity contribution in [1.82, 2.24) is 20.1 Å². The molecule has 0 radical (unpaired) electrons. The molecule has 1 heterocycles. The summed E-state index contributed by atoms with van der Waals surface area (Å²) in [6, 6.07) is 13.4. The van der Waals surface area contributed by atoms with Crippen LogP contribution in [0.2, 0.25) is 10.0 Å². The maximum Gasteiger partial charge on any atom is 0.253 e. The average Bonchev–Trinajstić information content (AvgIpc) is 3.07. The third kappa shape index (κ3) is 5.53. The molecule has 0 unspecified atom stereocenters. The van der Waals surface area contributed by atoms with Crippen LogP contribution in [0.4, 0.5) is 5.69 Å². The smallest absolute Gasteiger partial charge is 0.253 e. The van der Waals surface area contributed by atoms with Gasteiger partial charge in [-0.25, -0.2) is 0 Å². The number of rotatable bonds is 7. The highest BCUT2D eigenvalue weighted by atomic mass is 35.5. The number of hydrogen-bond acceptors (Lipinski definition) is 5. The largest absolute Gasteiger partial charge is 0.342 e. The monoisotopic (exact) mass is 463 g/mol. The van der Waals surface area contributed by atoms with Crippen molar-refractivity contribution in [3.8, 4) is 0 Å². The predicted octanol–water partition coefficient (Wildman–Crippen LogP) is 4.34. The van der Waals surface area contributed by atoms with E-state index in [-0.39, 0.29) is 17.6 Å². The molecule has 0 aliphatic carbocycles. The van der Waals surface area contributed by atoms with E-state index < -0.39 is 6.04 Å². The highest BCUT2D eigenvalue weighted by molar-refractivity contribution is 7.99. The number of nitrogens with one attached hydrogen (secondary N) is 2. The van der Waals surface area contributed by atoms with Crippen LogP contribution in [0.1, 0.15) is 29.1 Å². The Labute approximate surface area is 188 Å². The first kappa shape index (κ1) is 22.1. The summed E-state index contributed by atoms with van der Waals surface area (Å²) < 4.78 is 1.74. The summed E-state index contributed by atoms with van der Waals surface area (Å²) in [6.07, 6.45) is 0. The van der Waals surface area contributed by atoms with Gasteiger partial charge < -0.3 is 15.2 Å². The number of nitrogens with zero attached hydrogens (tertiary/aromatic N) is 3. The van der Waals surface area contributed by atoms with Crippen LogP contribution >= 0.6 is 35.0 Å². The third-order valence-electron chi connectivity index (χ3n) is 4.16. The number of aromatic nitrogens is 3. The third-order valence-corrected chi connectivity index (χ3v) is 5.75. The number of carbonyl (C=O) groups excluding carboxylic acids is 2. The number of hydrogen-bond donors (Lipinski definition) is 2. The Hall–Kier alpha value is -2.55. The number of halogens is 2. The molecule has 3 rings (SSSR count). The summed E-state index contributed by atoms with van der Waals surface area (Å²) >= 11 is 13.2. The lowest BCUT2D eigenvalue weighted by atomic mass is 10.2. The first-order chi connectivity index (χ1) is 14.3. The van der Waals surface area contributed by atoms with Gasteiger partial charge in [0.25, 0.3) is 5.91 Å². The van der Waals surface area contributed by atoms with Gasteiger partial charge in [0, 0.05) is 17.8 Å². The van der Waals surface area contributed by atoms with E-state index in [4.69, 9.17) is 23.2 Å². The van der Waals surface area contributed by atoms with Gasteiger partial charge in [0.05, 0.1) is 22.4 Å². The van der Waals surface area contributed by atoms with Crippen LogP contribution < -0.4 is 10.6 Å². The second-order valence-electron chi connectivity index (χ2n) is 6.42. The Bertz CT molecular complexity index is 1070. The predicted molar refractivity (Wildman–Crippen MR) is 119 cm³/mol. The van der Waals surface area contributed by atoms with E-state index in [1.165, 1.54) is 11.8 Å². The van der Waals surface area contributed by atoms with Crippen molar-refractivity contribution in [2.24, 2.45) is 7.05 Å². The maximum absolute atomic E-state index is 12.5. The molecule has 0 saturated heterocycles. The van der Waals surface area contributed by atoms with E-state index in [9.17, 15) is 9.59 Å². The first-order valence-electron chi connectivity index (χ1n) is 8.98. The highest BCUT2D eigenvalue weighted by Crippen LogP contribution is 2.21. The van der Waals surface area contributed by atoms with Crippen molar-refractivity contribution >= 4 is 52.5 Å². The van der Waals surface area contributed by atoms with Crippen LogP contribution in [0.15, 0.2) is 53.7 Å². The van der Waals surface area contributed by atoms with Gasteiger partial charge in [0.1, 0.15) is 0 Å². The molecule has 30 heavy (non-hydrogen) atoms. The molecule has 7 nitrogen and oxygen atoms in total. The summed E-state index contributed by atoms with van der Waals surface area (Å²) in [5.74, 6) is 0.227. The van der Waals surface area contributed by atoms with E-state index in [0.29, 0.717) is 32.3 Å². The molecule has 0 spiro atoms. The van der Waals surface area contributed by atoms with Crippen LogP contribution in [-0.4, -0.2) is 32.3 Å². The van der Waals surface area contributed by atoms with Crippen molar-refractivity contribution < 1.29 is 9.59 Å². The van der Waals surface area contributed by atoms with Gasteiger partial charge in [0.15, 0.2) is 11.0 Å². The normalized spacial score (nSPS) is 11.7. The van der Waals surface area contributed by atoms with Crippen molar-refractivity contribution in [3.63, 3.8) is 0 Å². The van der Waals surface area contributed by atoms with E-state index in [2.05, 4.69) is 20.8 Å². The molecule has 0 fully saturated rings. The molecule has 1 aromatic heterocycles. The Balaban J connectivity index is 1.59. The van der Waals surface area contributed by atoms with Crippen molar-refractivity contribution in [3.05, 3.63) is 70.0 Å². The van der Waals surface area contributed by atoms with E-state index >= 15 is 0 Å². The molecule has 0 aliphatic heterocycles. The van der Waals surface area contributed by atoms with Gasteiger partial charge in [0.2, 0.25) is 5.91 Å². The van der Waals surface area contributed by atoms with E-state index in [1.54, 1.807) is 67.1 Å². The zero-order valence-corrected chi connectivity index (χ0v) is 18.6. The second kappa shape index (κ2) is 9.97. The molecule has 0 bridgehead atoms. The Kier molecular flexibility index (Phi) is 7.36. The van der Waals surface area contributed by atoms with E-state index in [0.717, 1.165) is 0 Å². The van der Waals surface area contributed by atoms with Gasteiger partial charge in [-0.15, -0.1) is 10.2 Å². The topological polar surface area (TPSA) is 88.9 Å². The maximum atomic E-state index is 12.5. The molecule has 2 N–H and O–H groups in total. The second-order valence-corrected chi connectivity index (χ2v) is 8.21. The summed E-state index contributed by atoms with van der Waals surface area (Å²) in [5.41, 5.74) is 1.02. The van der Waals surface area contributed by atoms with Gasteiger partial charge in [-0.2, -0.15) is 0 Å². The Morgan fingerprint density at radius 1 is 1.13 bits per heavy atom. The fraction of sp³-hybridized carbons (Fsp3) is 0.200. The van der Waals surface area contributed by atoms with Crippen LogP contribution in [0, 0.1) is 0 Å². The molecule has 156 valence electrons. The van der Waals surface area contributed by atoms with Crippen LogP contribution in [0.25, 0.3) is 0 Å². The molecular formula is C20H19Cl2N5O2S. The zero-order valence-electron chi connectivity index (χ0n) is 16.2. The number of anilines is 1. The van der Waals surface area contributed by atoms with Gasteiger partial charge in [-0.3, -0.25) is 9.59 Å². The van der Waals surface area contributed by atoms with Gasteiger partial charge in [-0.1, -0.05) is 53.2 Å². The minimum Gasteiger partial charge on any atom is -0.342 e. The summed E-state index contributed by atoms with van der Waals surface area (Å²) in [5, 5.41) is 15.4. The van der Waals surface area contributed by atoms with Crippen molar-refractivity contribution in [2.75, 3.05) is 11.1 Å². The highest BCUT2D eigenvalue weighted by Gasteiger charge is 2.20. The summed E-state index contributed by atoms with van der Waals surface area (Å²) in [4.78, 5) is 24.6. The lowest BCUT2D eigenvalue weighted by molar-refractivity contribution is -0.113. The quantitative estimate of drug-likeness (QED) is 0.508.